The molecule has 1 aromatic heterocycles. The second-order valence-corrected chi connectivity index (χ2v) is 6.19. The maximum absolute atomic E-state index is 11.6. The number of para-hydroxylation sites is 1. The molecule has 3 aromatic rings. The zero-order valence-electron chi connectivity index (χ0n) is 13.7. The molecule has 0 saturated heterocycles. The first-order valence-corrected chi connectivity index (χ1v) is 8.39. The van der Waals surface area contributed by atoms with Crippen LogP contribution in [0.4, 0.5) is 0 Å². The van der Waals surface area contributed by atoms with Crippen molar-refractivity contribution in [3.63, 3.8) is 0 Å². The normalized spacial score (nSPS) is 15.1. The smallest absolute Gasteiger partial charge is 0.337 e. The predicted octanol–water partition coefficient (Wildman–Crippen LogP) is 4.45. The van der Waals surface area contributed by atoms with Crippen LogP contribution in [0, 0.1) is 0 Å². The van der Waals surface area contributed by atoms with E-state index in [0.717, 1.165) is 30.5 Å². The van der Waals surface area contributed by atoms with Crippen LogP contribution in [0.5, 0.6) is 0 Å². The second-order valence-electron chi connectivity index (χ2n) is 6.19. The van der Waals surface area contributed by atoms with E-state index in [1.54, 1.807) is 16.8 Å². The Morgan fingerprint density at radius 2 is 1.80 bits per heavy atom. The topological polar surface area (TPSA) is 55.1 Å². The lowest BCUT2D eigenvalue weighted by molar-refractivity contribution is 0.0696. The minimum Gasteiger partial charge on any atom is -0.478 e. The van der Waals surface area contributed by atoms with Gasteiger partial charge in [-0.05, 0) is 54.2 Å². The summed E-state index contributed by atoms with van der Waals surface area (Å²) in [5.74, 6) is -0.941. The molecule has 1 aliphatic rings. The number of aromatic nitrogens is 2. The summed E-state index contributed by atoms with van der Waals surface area (Å²) in [4.78, 5) is 11.6. The largest absolute Gasteiger partial charge is 0.478 e. The molecule has 4 nitrogen and oxygen atoms in total. The molecule has 0 spiro atoms. The standard InChI is InChI=1S/C21H18N2O2/c24-21(25)18-11-4-5-12-19(18)23-20-16(9-6-10-17(20)14-22-23)13-15-7-2-1-3-8-15/h1-5,7-8,11-14H,6,9-10H2,(H,24,25)/b16-13+. The molecule has 4 heteroatoms. The van der Waals surface area contributed by atoms with Gasteiger partial charge in [-0.1, -0.05) is 42.5 Å². The van der Waals surface area contributed by atoms with E-state index in [-0.39, 0.29) is 5.56 Å². The molecule has 0 bridgehead atoms. The highest BCUT2D eigenvalue weighted by Gasteiger charge is 2.22. The van der Waals surface area contributed by atoms with Gasteiger partial charge in [-0.3, -0.25) is 0 Å². The molecule has 0 amide bonds. The van der Waals surface area contributed by atoms with E-state index < -0.39 is 5.97 Å². The van der Waals surface area contributed by atoms with E-state index in [1.165, 1.54) is 11.1 Å². The predicted molar refractivity (Wildman–Crippen MR) is 97.8 cm³/mol. The van der Waals surface area contributed by atoms with Crippen LogP contribution in [0.25, 0.3) is 17.3 Å². The van der Waals surface area contributed by atoms with Crippen molar-refractivity contribution in [3.8, 4) is 5.69 Å². The second kappa shape index (κ2) is 6.40. The van der Waals surface area contributed by atoms with Crippen LogP contribution in [0.15, 0.2) is 60.8 Å². The Balaban J connectivity index is 1.88. The number of carboxylic acid groups (broad SMARTS) is 1. The Hall–Kier alpha value is -3.14. The van der Waals surface area contributed by atoms with Gasteiger partial charge in [0.1, 0.15) is 0 Å². The first-order chi connectivity index (χ1) is 12.2. The monoisotopic (exact) mass is 330 g/mol. The highest BCUT2D eigenvalue weighted by molar-refractivity contribution is 5.92. The van der Waals surface area contributed by atoms with E-state index in [9.17, 15) is 9.90 Å². The quantitative estimate of drug-likeness (QED) is 0.772. The molecule has 1 aliphatic carbocycles. The molecular weight excluding hydrogens is 312 g/mol. The molecule has 25 heavy (non-hydrogen) atoms. The van der Waals surface area contributed by atoms with Gasteiger partial charge in [-0.25, -0.2) is 9.48 Å². The van der Waals surface area contributed by atoms with E-state index in [0.29, 0.717) is 5.69 Å². The summed E-state index contributed by atoms with van der Waals surface area (Å²) < 4.78 is 1.78. The fraction of sp³-hybridized carbons (Fsp3) is 0.143. The summed E-state index contributed by atoms with van der Waals surface area (Å²) in [7, 11) is 0. The maximum Gasteiger partial charge on any atom is 0.337 e. The number of aromatic carboxylic acids is 1. The first-order valence-electron chi connectivity index (χ1n) is 8.39. The lowest BCUT2D eigenvalue weighted by atomic mass is 9.91. The molecular formula is C21H18N2O2. The van der Waals surface area contributed by atoms with Crippen LogP contribution in [0.3, 0.4) is 0 Å². The van der Waals surface area contributed by atoms with Gasteiger partial charge in [0.2, 0.25) is 0 Å². The van der Waals surface area contributed by atoms with E-state index in [1.807, 2.05) is 36.5 Å². The van der Waals surface area contributed by atoms with Crippen LogP contribution in [-0.2, 0) is 6.42 Å². The lowest BCUT2D eigenvalue weighted by Gasteiger charge is -2.19. The fourth-order valence-corrected chi connectivity index (χ4v) is 3.41. The van der Waals surface area contributed by atoms with Crippen LogP contribution < -0.4 is 0 Å². The highest BCUT2D eigenvalue weighted by Crippen LogP contribution is 2.34. The Kier molecular flexibility index (Phi) is 3.94. The van der Waals surface area contributed by atoms with Crippen molar-refractivity contribution in [1.82, 2.24) is 9.78 Å². The summed E-state index contributed by atoms with van der Waals surface area (Å²) in [5, 5.41) is 14.0. The van der Waals surface area contributed by atoms with E-state index in [2.05, 4.69) is 23.3 Å². The third-order valence-corrected chi connectivity index (χ3v) is 4.54. The molecule has 124 valence electrons. The average Bonchev–Trinajstić information content (AvgIpc) is 3.07. The van der Waals surface area contributed by atoms with Crippen molar-refractivity contribution < 1.29 is 9.90 Å². The van der Waals surface area contributed by atoms with Crippen molar-refractivity contribution in [1.29, 1.82) is 0 Å². The summed E-state index contributed by atoms with van der Waals surface area (Å²) in [5.41, 5.74) is 5.42. The number of nitrogens with zero attached hydrogens (tertiary/aromatic N) is 2. The summed E-state index contributed by atoms with van der Waals surface area (Å²) >= 11 is 0. The Morgan fingerprint density at radius 1 is 1.04 bits per heavy atom. The minimum atomic E-state index is -0.941. The van der Waals surface area contributed by atoms with Gasteiger partial charge in [-0.15, -0.1) is 0 Å². The number of carbonyl (C=O) groups is 1. The van der Waals surface area contributed by atoms with Gasteiger partial charge in [0.15, 0.2) is 0 Å². The molecule has 0 atom stereocenters. The van der Waals surface area contributed by atoms with Crippen LogP contribution in [-0.4, -0.2) is 20.9 Å². The molecule has 1 heterocycles. The number of hydrogen-bond acceptors (Lipinski definition) is 2. The van der Waals surface area contributed by atoms with Crippen LogP contribution in [0.2, 0.25) is 0 Å². The molecule has 0 aliphatic heterocycles. The minimum absolute atomic E-state index is 0.262. The molecule has 0 saturated carbocycles. The number of fused-ring (bicyclic) bond motifs is 1. The molecule has 0 fully saturated rings. The summed E-state index contributed by atoms with van der Waals surface area (Å²) in [6.45, 7) is 0. The third kappa shape index (κ3) is 2.87. The van der Waals surface area contributed by atoms with E-state index in [4.69, 9.17) is 0 Å². The van der Waals surface area contributed by atoms with Gasteiger partial charge in [0, 0.05) is 0 Å². The van der Waals surface area contributed by atoms with Crippen LogP contribution in [0.1, 0.15) is 40.0 Å². The first kappa shape index (κ1) is 15.4. The van der Waals surface area contributed by atoms with Crippen molar-refractivity contribution in [2.75, 3.05) is 0 Å². The molecule has 0 unspecified atom stereocenters. The van der Waals surface area contributed by atoms with Crippen molar-refractivity contribution >= 4 is 17.6 Å². The summed E-state index contributed by atoms with van der Waals surface area (Å²) in [6.07, 6.45) is 7.06. The van der Waals surface area contributed by atoms with Gasteiger partial charge in [0.05, 0.1) is 23.1 Å². The zero-order valence-corrected chi connectivity index (χ0v) is 13.7. The number of rotatable bonds is 3. The number of hydrogen-bond donors (Lipinski definition) is 1. The van der Waals surface area contributed by atoms with Crippen molar-refractivity contribution in [2.45, 2.75) is 19.3 Å². The Labute approximate surface area is 146 Å². The van der Waals surface area contributed by atoms with Gasteiger partial charge >= 0.3 is 5.97 Å². The van der Waals surface area contributed by atoms with Gasteiger partial charge < -0.3 is 5.11 Å². The van der Waals surface area contributed by atoms with Crippen LogP contribution >= 0.6 is 0 Å². The van der Waals surface area contributed by atoms with Gasteiger partial charge in [-0.2, -0.15) is 5.10 Å². The maximum atomic E-state index is 11.6. The SMILES string of the molecule is O=C(O)c1ccccc1-n1ncc2c1/C(=C/c1ccccc1)CCC2. The van der Waals surface area contributed by atoms with Crippen molar-refractivity contribution in [3.05, 3.63) is 83.2 Å². The molecule has 4 rings (SSSR count). The molecule has 2 aromatic carbocycles. The number of benzene rings is 2. The number of carboxylic acids is 1. The molecule has 0 radical (unpaired) electrons. The third-order valence-electron chi connectivity index (χ3n) is 4.54. The zero-order chi connectivity index (χ0) is 17.2. The van der Waals surface area contributed by atoms with Crippen molar-refractivity contribution in [2.24, 2.45) is 0 Å². The Morgan fingerprint density at radius 3 is 2.60 bits per heavy atom. The fourth-order valence-electron chi connectivity index (χ4n) is 3.41. The van der Waals surface area contributed by atoms with E-state index >= 15 is 0 Å². The number of aryl methyl sites for hydroxylation is 1. The van der Waals surface area contributed by atoms with Gasteiger partial charge in [0.25, 0.3) is 0 Å². The summed E-state index contributed by atoms with van der Waals surface area (Å²) in [6, 6.07) is 17.2. The average molecular weight is 330 g/mol. The lowest BCUT2D eigenvalue weighted by Crippen LogP contribution is -2.11. The molecule has 1 N–H and O–H groups in total. The highest BCUT2D eigenvalue weighted by atomic mass is 16.4. The number of allylic oxidation sites excluding steroid dienone is 1. The Bertz CT molecular complexity index is 955.